The van der Waals surface area contributed by atoms with Gasteiger partial charge in [0.15, 0.2) is 0 Å². The minimum absolute atomic E-state index is 0.222. The van der Waals surface area contributed by atoms with Gasteiger partial charge in [0.25, 0.3) is 5.91 Å². The van der Waals surface area contributed by atoms with Crippen molar-refractivity contribution < 1.29 is 14.1 Å². The molecule has 0 saturated heterocycles. The van der Waals surface area contributed by atoms with Gasteiger partial charge >= 0.3 is 0 Å². The molecule has 1 N–H and O–H groups in total. The van der Waals surface area contributed by atoms with Crippen LogP contribution in [0.15, 0.2) is 65.3 Å². The molecule has 0 unspecified atom stereocenters. The molecule has 0 atom stereocenters. The number of benzene rings is 2. The summed E-state index contributed by atoms with van der Waals surface area (Å²) in [4.78, 5) is 17.0. The summed E-state index contributed by atoms with van der Waals surface area (Å²) in [6, 6.07) is 16.7. The van der Waals surface area contributed by atoms with Crippen molar-refractivity contribution in [2.75, 3.05) is 5.32 Å². The van der Waals surface area contributed by atoms with E-state index in [1.165, 1.54) is 0 Å². The van der Waals surface area contributed by atoms with Crippen LogP contribution in [0.2, 0.25) is 0 Å². The van der Waals surface area contributed by atoms with Crippen molar-refractivity contribution in [1.82, 2.24) is 10.1 Å². The molecule has 0 aliphatic rings. The number of nitrogens with zero attached hydrogens (tertiary/aromatic N) is 2. The average molecular weight is 373 g/mol. The zero-order chi connectivity index (χ0) is 19.5. The molecule has 2 aromatic carbocycles. The highest BCUT2D eigenvalue weighted by atomic mass is 16.5. The number of anilines is 1. The molecule has 0 aliphatic heterocycles. The van der Waals surface area contributed by atoms with Gasteiger partial charge in [-0.3, -0.25) is 9.78 Å². The highest BCUT2D eigenvalue weighted by Gasteiger charge is 2.11. The van der Waals surface area contributed by atoms with Gasteiger partial charge < -0.3 is 14.6 Å². The van der Waals surface area contributed by atoms with Crippen LogP contribution in [-0.2, 0) is 6.61 Å². The highest BCUT2D eigenvalue weighted by molar-refractivity contribution is 6.05. The van der Waals surface area contributed by atoms with E-state index in [9.17, 15) is 4.79 Å². The summed E-state index contributed by atoms with van der Waals surface area (Å²) in [6.45, 7) is 4.05. The third-order valence-corrected chi connectivity index (χ3v) is 4.51. The van der Waals surface area contributed by atoms with Crippen LogP contribution in [0.5, 0.6) is 5.75 Å². The third-order valence-electron chi connectivity index (χ3n) is 4.51. The molecule has 4 aromatic rings. The third kappa shape index (κ3) is 3.71. The van der Waals surface area contributed by atoms with Gasteiger partial charge in [0.2, 0.25) is 0 Å². The number of hydrogen-bond donors (Lipinski definition) is 1. The number of fused-ring (bicyclic) bond motifs is 1. The van der Waals surface area contributed by atoms with E-state index in [0.29, 0.717) is 23.6 Å². The summed E-state index contributed by atoms with van der Waals surface area (Å²) in [5, 5.41) is 7.77. The van der Waals surface area contributed by atoms with E-state index in [2.05, 4.69) is 15.5 Å². The fourth-order valence-electron chi connectivity index (χ4n) is 2.93. The van der Waals surface area contributed by atoms with Gasteiger partial charge in [-0.05, 0) is 44.2 Å². The predicted molar refractivity (Wildman–Crippen MR) is 106 cm³/mol. The Hall–Kier alpha value is -3.67. The maximum Gasteiger partial charge on any atom is 0.255 e. The maximum absolute atomic E-state index is 12.6. The quantitative estimate of drug-likeness (QED) is 0.550. The summed E-state index contributed by atoms with van der Waals surface area (Å²) in [7, 11) is 0. The second-order valence-corrected chi connectivity index (χ2v) is 6.49. The van der Waals surface area contributed by atoms with Crippen LogP contribution >= 0.6 is 0 Å². The van der Waals surface area contributed by atoms with Crippen LogP contribution in [0.1, 0.15) is 27.4 Å². The number of nitrogens with one attached hydrogen (secondary N) is 1. The second kappa shape index (κ2) is 7.52. The first-order chi connectivity index (χ1) is 13.6. The Morgan fingerprint density at radius 3 is 2.79 bits per heavy atom. The van der Waals surface area contributed by atoms with Gasteiger partial charge in [0, 0.05) is 10.9 Å². The standard InChI is InChI=1S/C22H19N3O3/c1-14-20(15(2)28-25-14)13-27-19-8-5-7-17(11-19)22(26)24-18-10-16-6-3-4-9-21(16)23-12-18/h3-12H,13H2,1-2H3,(H,24,26). The molecule has 140 valence electrons. The molecule has 28 heavy (non-hydrogen) atoms. The van der Waals surface area contributed by atoms with Gasteiger partial charge in [-0.1, -0.05) is 29.4 Å². The summed E-state index contributed by atoms with van der Waals surface area (Å²) in [5.41, 5.74) is 3.75. The summed E-state index contributed by atoms with van der Waals surface area (Å²) in [5.74, 6) is 1.11. The van der Waals surface area contributed by atoms with Gasteiger partial charge in [-0.15, -0.1) is 0 Å². The van der Waals surface area contributed by atoms with E-state index in [-0.39, 0.29) is 5.91 Å². The molecule has 0 saturated carbocycles. The molecule has 4 rings (SSSR count). The molecule has 0 fully saturated rings. The molecule has 6 heteroatoms. The largest absolute Gasteiger partial charge is 0.489 e. The molecule has 0 bridgehead atoms. The number of para-hydroxylation sites is 1. The van der Waals surface area contributed by atoms with E-state index in [0.717, 1.165) is 27.9 Å². The SMILES string of the molecule is Cc1noc(C)c1COc1cccc(C(=O)Nc2cnc3ccccc3c2)c1. The number of pyridine rings is 1. The van der Waals surface area contributed by atoms with Crippen molar-refractivity contribution in [3.05, 3.63) is 83.4 Å². The van der Waals surface area contributed by atoms with Crippen molar-refractivity contribution in [3.63, 3.8) is 0 Å². The lowest BCUT2D eigenvalue weighted by atomic mass is 10.2. The van der Waals surface area contributed by atoms with Crippen molar-refractivity contribution >= 4 is 22.5 Å². The Bertz CT molecular complexity index is 1130. The van der Waals surface area contributed by atoms with Gasteiger partial charge in [0.05, 0.1) is 28.7 Å². The molecule has 6 nitrogen and oxygen atoms in total. The Labute approximate surface area is 162 Å². The van der Waals surface area contributed by atoms with Crippen LogP contribution in [-0.4, -0.2) is 16.0 Å². The van der Waals surface area contributed by atoms with Crippen LogP contribution in [0.25, 0.3) is 10.9 Å². The van der Waals surface area contributed by atoms with Crippen LogP contribution in [0, 0.1) is 13.8 Å². The lowest BCUT2D eigenvalue weighted by Gasteiger charge is -2.09. The van der Waals surface area contributed by atoms with Crippen molar-refractivity contribution in [3.8, 4) is 5.75 Å². The normalized spacial score (nSPS) is 10.8. The molecule has 0 spiro atoms. The molecular formula is C22H19N3O3. The molecular weight excluding hydrogens is 354 g/mol. The first-order valence-electron chi connectivity index (χ1n) is 8.91. The summed E-state index contributed by atoms with van der Waals surface area (Å²) < 4.78 is 11.0. The molecule has 0 radical (unpaired) electrons. The highest BCUT2D eigenvalue weighted by Crippen LogP contribution is 2.20. The fraction of sp³-hybridized carbons (Fsp3) is 0.136. The minimum atomic E-state index is -0.222. The lowest BCUT2D eigenvalue weighted by Crippen LogP contribution is -2.12. The first kappa shape index (κ1) is 17.7. The van der Waals surface area contributed by atoms with Crippen molar-refractivity contribution in [2.45, 2.75) is 20.5 Å². The average Bonchev–Trinajstić information content (AvgIpc) is 3.04. The Morgan fingerprint density at radius 1 is 1.11 bits per heavy atom. The number of carbonyl (C=O) groups is 1. The fourth-order valence-corrected chi connectivity index (χ4v) is 2.93. The number of amides is 1. The first-order valence-corrected chi connectivity index (χ1v) is 8.91. The number of carbonyl (C=O) groups excluding carboxylic acids is 1. The Balaban J connectivity index is 1.47. The lowest BCUT2D eigenvalue weighted by molar-refractivity contribution is 0.102. The predicted octanol–water partition coefficient (Wildman–Crippen LogP) is 4.67. The summed E-state index contributed by atoms with van der Waals surface area (Å²) >= 11 is 0. The van der Waals surface area contributed by atoms with Crippen molar-refractivity contribution in [1.29, 1.82) is 0 Å². The zero-order valence-electron chi connectivity index (χ0n) is 15.6. The van der Waals surface area contributed by atoms with E-state index in [1.807, 2.05) is 50.2 Å². The topological polar surface area (TPSA) is 77.2 Å². The van der Waals surface area contributed by atoms with Gasteiger partial charge in [-0.2, -0.15) is 0 Å². The summed E-state index contributed by atoms with van der Waals surface area (Å²) in [6.07, 6.45) is 1.65. The van der Waals surface area contributed by atoms with Crippen LogP contribution in [0.4, 0.5) is 5.69 Å². The van der Waals surface area contributed by atoms with Gasteiger partial charge in [0.1, 0.15) is 18.1 Å². The number of aromatic nitrogens is 2. The van der Waals surface area contributed by atoms with Gasteiger partial charge in [-0.25, -0.2) is 0 Å². The molecule has 0 aliphatic carbocycles. The monoisotopic (exact) mass is 373 g/mol. The van der Waals surface area contributed by atoms with Crippen LogP contribution in [0.3, 0.4) is 0 Å². The van der Waals surface area contributed by atoms with E-state index >= 15 is 0 Å². The number of rotatable bonds is 5. The second-order valence-electron chi connectivity index (χ2n) is 6.49. The van der Waals surface area contributed by atoms with E-state index in [4.69, 9.17) is 9.26 Å². The number of hydrogen-bond acceptors (Lipinski definition) is 5. The number of aryl methyl sites for hydroxylation is 2. The minimum Gasteiger partial charge on any atom is -0.489 e. The Kier molecular flexibility index (Phi) is 4.76. The molecule has 1 amide bonds. The zero-order valence-corrected chi connectivity index (χ0v) is 15.6. The van der Waals surface area contributed by atoms with E-state index < -0.39 is 0 Å². The number of ether oxygens (including phenoxy) is 1. The maximum atomic E-state index is 12.6. The molecule has 2 aromatic heterocycles. The van der Waals surface area contributed by atoms with Crippen molar-refractivity contribution in [2.24, 2.45) is 0 Å². The van der Waals surface area contributed by atoms with Crippen LogP contribution < -0.4 is 10.1 Å². The Morgan fingerprint density at radius 2 is 1.96 bits per heavy atom. The molecule has 2 heterocycles. The smallest absolute Gasteiger partial charge is 0.255 e. The van der Waals surface area contributed by atoms with E-state index in [1.54, 1.807) is 24.4 Å².